The summed E-state index contributed by atoms with van der Waals surface area (Å²) < 4.78 is 6.03. The fraction of sp³-hybridized carbons (Fsp3) is 0.538. The first-order chi connectivity index (χ1) is 6.55. The molecule has 1 heterocycles. The molecule has 1 saturated carbocycles. The number of rotatable bonds is 0. The molecule has 1 aliphatic carbocycles. The molecule has 0 N–H and O–H groups in total. The van der Waals surface area contributed by atoms with Crippen molar-refractivity contribution in [2.45, 2.75) is 44.6 Å². The van der Waals surface area contributed by atoms with Gasteiger partial charge in [0.25, 0.3) is 0 Å². The van der Waals surface area contributed by atoms with Crippen LogP contribution in [0.15, 0.2) is 18.2 Å². The van der Waals surface area contributed by atoms with Crippen LogP contribution in [0.25, 0.3) is 0 Å². The van der Waals surface area contributed by atoms with Crippen LogP contribution in [0.4, 0.5) is 0 Å². The van der Waals surface area contributed by atoms with E-state index in [0.717, 1.165) is 5.75 Å². The predicted octanol–water partition coefficient (Wildman–Crippen LogP) is 3.20. The Morgan fingerprint density at radius 2 is 1.93 bits per heavy atom. The number of fused-ring (bicyclic) bond motifs is 2. The summed E-state index contributed by atoms with van der Waals surface area (Å²) in [7, 11) is 0. The van der Waals surface area contributed by atoms with E-state index in [9.17, 15) is 0 Å². The van der Waals surface area contributed by atoms with Crippen molar-refractivity contribution in [1.29, 1.82) is 0 Å². The van der Waals surface area contributed by atoms with Crippen LogP contribution in [0.3, 0.4) is 0 Å². The van der Waals surface area contributed by atoms with Gasteiger partial charge in [-0.1, -0.05) is 17.7 Å². The molecule has 1 aromatic rings. The van der Waals surface area contributed by atoms with Gasteiger partial charge >= 0.3 is 0 Å². The van der Waals surface area contributed by atoms with Crippen molar-refractivity contribution in [3.05, 3.63) is 29.3 Å². The molecule has 0 unspecified atom stereocenters. The molecule has 0 bridgehead atoms. The van der Waals surface area contributed by atoms with E-state index in [0.29, 0.717) is 5.41 Å². The third-order valence-electron chi connectivity index (χ3n) is 3.92. The first-order valence-electron chi connectivity index (χ1n) is 5.35. The number of hydrogen-bond acceptors (Lipinski definition) is 1. The lowest BCUT2D eigenvalue weighted by atomic mass is 9.83. The summed E-state index contributed by atoms with van der Waals surface area (Å²) in [5.74, 6) is 1.11. The maximum atomic E-state index is 6.03. The standard InChI is InChI=1S/C13H16O/c1-9-4-5-11-10(8-9)13(6-7-13)12(2,3)14-11/h4-5,8H,6-7H2,1-3H3. The number of aryl methyl sites for hydroxylation is 1. The highest BCUT2D eigenvalue weighted by atomic mass is 16.5. The summed E-state index contributed by atoms with van der Waals surface area (Å²) in [6.45, 7) is 6.59. The second-order valence-corrected chi connectivity index (χ2v) is 5.19. The summed E-state index contributed by atoms with van der Waals surface area (Å²) in [5, 5.41) is 0. The van der Waals surface area contributed by atoms with Crippen molar-refractivity contribution < 1.29 is 4.74 Å². The number of hydrogen-bond donors (Lipinski definition) is 0. The Bertz CT molecular complexity index is 400. The Morgan fingerprint density at radius 3 is 2.57 bits per heavy atom. The molecule has 2 aliphatic rings. The molecule has 1 aliphatic heterocycles. The second kappa shape index (κ2) is 2.16. The molecule has 1 spiro atoms. The highest BCUT2D eigenvalue weighted by molar-refractivity contribution is 5.52. The summed E-state index contributed by atoms with van der Waals surface area (Å²) >= 11 is 0. The first kappa shape index (κ1) is 8.34. The van der Waals surface area contributed by atoms with Crippen LogP contribution >= 0.6 is 0 Å². The fourth-order valence-corrected chi connectivity index (χ4v) is 2.80. The van der Waals surface area contributed by atoms with Gasteiger partial charge < -0.3 is 4.74 Å². The van der Waals surface area contributed by atoms with Crippen LogP contribution in [0.1, 0.15) is 37.8 Å². The van der Waals surface area contributed by atoms with E-state index >= 15 is 0 Å². The van der Waals surface area contributed by atoms with E-state index in [-0.39, 0.29) is 5.60 Å². The van der Waals surface area contributed by atoms with Crippen molar-refractivity contribution >= 4 is 0 Å². The minimum absolute atomic E-state index is 0.00310. The molecule has 14 heavy (non-hydrogen) atoms. The maximum absolute atomic E-state index is 6.03. The fourth-order valence-electron chi connectivity index (χ4n) is 2.80. The van der Waals surface area contributed by atoms with Crippen molar-refractivity contribution in [2.75, 3.05) is 0 Å². The molecule has 3 rings (SSSR count). The lowest BCUT2D eigenvalue weighted by Gasteiger charge is -2.26. The van der Waals surface area contributed by atoms with Crippen molar-refractivity contribution in [2.24, 2.45) is 0 Å². The minimum atomic E-state index is 0.00310. The molecule has 1 heteroatoms. The molecule has 1 nitrogen and oxygen atoms in total. The molecule has 74 valence electrons. The Balaban J connectivity index is 2.21. The quantitative estimate of drug-likeness (QED) is 0.607. The average Bonchev–Trinajstić information content (AvgIpc) is 2.84. The molecule has 0 atom stereocenters. The summed E-state index contributed by atoms with van der Waals surface area (Å²) in [6, 6.07) is 6.56. The number of ether oxygens (including phenoxy) is 1. The van der Waals surface area contributed by atoms with Gasteiger partial charge in [-0.15, -0.1) is 0 Å². The van der Waals surface area contributed by atoms with Crippen molar-refractivity contribution in [3.63, 3.8) is 0 Å². The van der Waals surface area contributed by atoms with E-state index < -0.39 is 0 Å². The summed E-state index contributed by atoms with van der Waals surface area (Å²) in [4.78, 5) is 0. The van der Waals surface area contributed by atoms with Crippen LogP contribution in [0.2, 0.25) is 0 Å². The monoisotopic (exact) mass is 188 g/mol. The van der Waals surface area contributed by atoms with E-state index in [2.05, 4.69) is 39.0 Å². The summed E-state index contributed by atoms with van der Waals surface area (Å²) in [5.41, 5.74) is 3.14. The van der Waals surface area contributed by atoms with Gasteiger partial charge in [-0.2, -0.15) is 0 Å². The molecule has 1 aromatic carbocycles. The molecule has 0 radical (unpaired) electrons. The Morgan fingerprint density at radius 1 is 1.21 bits per heavy atom. The van der Waals surface area contributed by atoms with Gasteiger partial charge in [0.2, 0.25) is 0 Å². The zero-order valence-electron chi connectivity index (χ0n) is 9.05. The highest BCUT2D eigenvalue weighted by Crippen LogP contribution is 2.63. The van der Waals surface area contributed by atoms with E-state index in [1.54, 1.807) is 0 Å². The normalized spacial score (nSPS) is 24.5. The largest absolute Gasteiger partial charge is 0.487 e. The van der Waals surface area contributed by atoms with Crippen LogP contribution in [-0.2, 0) is 5.41 Å². The maximum Gasteiger partial charge on any atom is 0.124 e. The van der Waals surface area contributed by atoms with Crippen LogP contribution in [0, 0.1) is 6.92 Å². The smallest absolute Gasteiger partial charge is 0.124 e. The molecule has 0 saturated heterocycles. The van der Waals surface area contributed by atoms with Crippen LogP contribution in [-0.4, -0.2) is 5.60 Å². The summed E-state index contributed by atoms with van der Waals surface area (Å²) in [6.07, 6.45) is 2.58. The van der Waals surface area contributed by atoms with Crippen molar-refractivity contribution in [1.82, 2.24) is 0 Å². The molecule has 0 aromatic heterocycles. The van der Waals surface area contributed by atoms with E-state index in [1.165, 1.54) is 24.0 Å². The van der Waals surface area contributed by atoms with Gasteiger partial charge in [-0.05, 0) is 39.7 Å². The van der Waals surface area contributed by atoms with Gasteiger partial charge in [0.15, 0.2) is 0 Å². The lowest BCUT2D eigenvalue weighted by Crippen LogP contribution is -2.36. The second-order valence-electron chi connectivity index (χ2n) is 5.19. The van der Waals surface area contributed by atoms with Gasteiger partial charge in [-0.3, -0.25) is 0 Å². The van der Waals surface area contributed by atoms with Crippen LogP contribution in [0.5, 0.6) is 5.75 Å². The lowest BCUT2D eigenvalue weighted by molar-refractivity contribution is 0.0993. The molecular weight excluding hydrogens is 172 g/mol. The zero-order chi connectivity index (χ0) is 9.97. The Kier molecular flexibility index (Phi) is 1.28. The Labute approximate surface area is 85.1 Å². The topological polar surface area (TPSA) is 9.23 Å². The zero-order valence-corrected chi connectivity index (χ0v) is 9.05. The third-order valence-corrected chi connectivity index (χ3v) is 3.92. The average molecular weight is 188 g/mol. The highest BCUT2D eigenvalue weighted by Gasteiger charge is 2.62. The molecule has 1 fully saturated rings. The predicted molar refractivity (Wildman–Crippen MR) is 56.8 cm³/mol. The van der Waals surface area contributed by atoms with E-state index in [4.69, 9.17) is 4.74 Å². The van der Waals surface area contributed by atoms with Gasteiger partial charge in [0.1, 0.15) is 11.4 Å². The minimum Gasteiger partial charge on any atom is -0.487 e. The van der Waals surface area contributed by atoms with Gasteiger partial charge in [0.05, 0.1) is 0 Å². The first-order valence-corrected chi connectivity index (χ1v) is 5.35. The SMILES string of the molecule is Cc1ccc2c(c1)C1(CC1)C(C)(C)O2. The number of benzene rings is 1. The van der Waals surface area contributed by atoms with E-state index in [1.807, 2.05) is 0 Å². The third kappa shape index (κ3) is 0.807. The molecule has 0 amide bonds. The molecular formula is C13H16O. The van der Waals surface area contributed by atoms with Gasteiger partial charge in [-0.25, -0.2) is 0 Å². The van der Waals surface area contributed by atoms with Gasteiger partial charge in [0, 0.05) is 11.0 Å². The Hall–Kier alpha value is -0.980. The van der Waals surface area contributed by atoms with Crippen molar-refractivity contribution in [3.8, 4) is 5.75 Å². The van der Waals surface area contributed by atoms with Crippen LogP contribution < -0.4 is 4.74 Å².